The van der Waals surface area contributed by atoms with Crippen molar-refractivity contribution < 1.29 is 4.79 Å². The van der Waals surface area contributed by atoms with E-state index in [4.69, 9.17) is 11.6 Å². The zero-order valence-electron chi connectivity index (χ0n) is 11.1. The largest absolute Gasteiger partial charge is 0.376 e. The summed E-state index contributed by atoms with van der Waals surface area (Å²) in [7, 11) is 0. The molecular formula is C14H21ClN2O. The Bertz CT molecular complexity index is 393. The predicted octanol–water partition coefficient (Wildman–Crippen LogP) is 3.37. The highest BCUT2D eigenvalue weighted by atomic mass is 35.5. The maximum absolute atomic E-state index is 11.6. The maximum Gasteiger partial charge on any atom is 0.239 e. The molecule has 0 aliphatic heterocycles. The van der Waals surface area contributed by atoms with Crippen LogP contribution in [0.3, 0.4) is 0 Å². The highest BCUT2D eigenvalue weighted by molar-refractivity contribution is 6.30. The first-order valence-corrected chi connectivity index (χ1v) is 6.78. The zero-order valence-corrected chi connectivity index (χ0v) is 11.8. The van der Waals surface area contributed by atoms with Crippen LogP contribution in [0.2, 0.25) is 5.02 Å². The minimum absolute atomic E-state index is 0.0190. The second-order valence-corrected chi connectivity index (χ2v) is 4.81. The smallest absolute Gasteiger partial charge is 0.239 e. The highest BCUT2D eigenvalue weighted by Gasteiger charge is 2.03. The van der Waals surface area contributed by atoms with Gasteiger partial charge < -0.3 is 10.6 Å². The van der Waals surface area contributed by atoms with Gasteiger partial charge in [-0.3, -0.25) is 4.79 Å². The molecule has 0 aliphatic rings. The number of halogens is 1. The Morgan fingerprint density at radius 2 is 2.11 bits per heavy atom. The summed E-state index contributed by atoms with van der Waals surface area (Å²) in [5.74, 6) is 0.0190. The third-order valence-corrected chi connectivity index (χ3v) is 2.98. The molecule has 1 aromatic rings. The van der Waals surface area contributed by atoms with Crippen LogP contribution in [0.15, 0.2) is 18.2 Å². The Kier molecular flexibility index (Phi) is 6.58. The van der Waals surface area contributed by atoms with Gasteiger partial charge in [-0.15, -0.1) is 0 Å². The molecule has 1 amide bonds. The molecule has 0 heterocycles. The van der Waals surface area contributed by atoms with Gasteiger partial charge >= 0.3 is 0 Å². The van der Waals surface area contributed by atoms with Crippen molar-refractivity contribution in [3.05, 3.63) is 28.8 Å². The Hall–Kier alpha value is -1.22. The number of rotatable bonds is 7. The maximum atomic E-state index is 11.6. The van der Waals surface area contributed by atoms with E-state index in [0.29, 0.717) is 5.02 Å². The van der Waals surface area contributed by atoms with Crippen LogP contribution in [0, 0.1) is 6.92 Å². The van der Waals surface area contributed by atoms with Crippen LogP contribution in [-0.4, -0.2) is 19.0 Å². The van der Waals surface area contributed by atoms with Crippen LogP contribution in [0.25, 0.3) is 0 Å². The van der Waals surface area contributed by atoms with Crippen molar-refractivity contribution in [3.8, 4) is 0 Å². The number of hydrogen-bond donors (Lipinski definition) is 2. The van der Waals surface area contributed by atoms with Crippen LogP contribution in [0.1, 0.15) is 31.7 Å². The average molecular weight is 269 g/mol. The fourth-order valence-electron chi connectivity index (χ4n) is 1.63. The first-order valence-electron chi connectivity index (χ1n) is 6.40. The van der Waals surface area contributed by atoms with Gasteiger partial charge in [0.25, 0.3) is 0 Å². The van der Waals surface area contributed by atoms with Crippen LogP contribution in [-0.2, 0) is 4.79 Å². The number of anilines is 1. The molecule has 0 saturated carbocycles. The molecule has 0 atom stereocenters. The molecule has 0 bridgehead atoms. The van der Waals surface area contributed by atoms with Crippen LogP contribution in [0.5, 0.6) is 0 Å². The molecule has 0 unspecified atom stereocenters. The van der Waals surface area contributed by atoms with Crippen LogP contribution >= 0.6 is 11.6 Å². The lowest BCUT2D eigenvalue weighted by atomic mass is 10.2. The second kappa shape index (κ2) is 7.98. The number of nitrogens with one attached hydrogen (secondary N) is 2. The molecule has 100 valence electrons. The lowest BCUT2D eigenvalue weighted by Crippen LogP contribution is -2.30. The van der Waals surface area contributed by atoms with E-state index in [0.717, 1.165) is 37.1 Å². The Morgan fingerprint density at radius 1 is 1.33 bits per heavy atom. The zero-order chi connectivity index (χ0) is 13.4. The summed E-state index contributed by atoms with van der Waals surface area (Å²) < 4.78 is 0. The van der Waals surface area contributed by atoms with Gasteiger partial charge in [-0.1, -0.05) is 37.4 Å². The van der Waals surface area contributed by atoms with E-state index in [9.17, 15) is 4.79 Å². The summed E-state index contributed by atoms with van der Waals surface area (Å²) >= 11 is 5.91. The van der Waals surface area contributed by atoms with Gasteiger partial charge in [0.15, 0.2) is 0 Å². The van der Waals surface area contributed by atoms with E-state index < -0.39 is 0 Å². The van der Waals surface area contributed by atoms with Crippen LogP contribution < -0.4 is 10.6 Å². The van der Waals surface area contributed by atoms with E-state index in [-0.39, 0.29) is 12.5 Å². The molecular weight excluding hydrogens is 248 g/mol. The minimum atomic E-state index is 0.0190. The first-order chi connectivity index (χ1) is 8.63. The molecule has 0 radical (unpaired) electrons. The molecule has 3 nitrogen and oxygen atoms in total. The van der Waals surface area contributed by atoms with E-state index >= 15 is 0 Å². The Labute approximate surface area is 114 Å². The molecule has 18 heavy (non-hydrogen) atoms. The second-order valence-electron chi connectivity index (χ2n) is 4.37. The number of hydrogen-bond acceptors (Lipinski definition) is 2. The normalized spacial score (nSPS) is 10.2. The van der Waals surface area contributed by atoms with Crippen molar-refractivity contribution in [1.82, 2.24) is 5.32 Å². The fraction of sp³-hybridized carbons (Fsp3) is 0.500. The van der Waals surface area contributed by atoms with Crippen molar-refractivity contribution in [3.63, 3.8) is 0 Å². The standard InChI is InChI=1S/C14H21ClN2O/c1-3-4-5-8-16-14(18)10-17-13-9-12(15)7-6-11(13)2/h6-7,9,17H,3-5,8,10H2,1-2H3,(H,16,18). The molecule has 2 N–H and O–H groups in total. The van der Waals surface area contributed by atoms with Crippen molar-refractivity contribution >= 4 is 23.2 Å². The highest BCUT2D eigenvalue weighted by Crippen LogP contribution is 2.19. The topological polar surface area (TPSA) is 41.1 Å². The number of carbonyl (C=O) groups excluding carboxylic acids is 1. The summed E-state index contributed by atoms with van der Waals surface area (Å²) in [5, 5.41) is 6.66. The third kappa shape index (κ3) is 5.41. The molecule has 0 aromatic heterocycles. The number of aryl methyl sites for hydroxylation is 1. The summed E-state index contributed by atoms with van der Waals surface area (Å²) in [4.78, 5) is 11.6. The van der Waals surface area contributed by atoms with Crippen LogP contribution in [0.4, 0.5) is 5.69 Å². The lowest BCUT2D eigenvalue weighted by Gasteiger charge is -2.10. The summed E-state index contributed by atoms with van der Waals surface area (Å²) in [6.07, 6.45) is 3.36. The number of amides is 1. The van der Waals surface area contributed by atoms with Gasteiger partial charge in [-0.2, -0.15) is 0 Å². The number of benzene rings is 1. The fourth-order valence-corrected chi connectivity index (χ4v) is 1.80. The predicted molar refractivity (Wildman–Crippen MR) is 77.2 cm³/mol. The molecule has 1 aromatic carbocycles. The van der Waals surface area contributed by atoms with E-state index in [1.165, 1.54) is 0 Å². The van der Waals surface area contributed by atoms with Gasteiger partial charge in [-0.05, 0) is 31.0 Å². The van der Waals surface area contributed by atoms with E-state index in [1.807, 2.05) is 25.1 Å². The van der Waals surface area contributed by atoms with Crippen molar-refractivity contribution in [1.29, 1.82) is 0 Å². The van der Waals surface area contributed by atoms with Crippen molar-refractivity contribution in [2.45, 2.75) is 33.1 Å². The van der Waals surface area contributed by atoms with Gasteiger partial charge in [0.1, 0.15) is 0 Å². The van der Waals surface area contributed by atoms with Gasteiger partial charge in [-0.25, -0.2) is 0 Å². The molecule has 1 rings (SSSR count). The van der Waals surface area contributed by atoms with Gasteiger partial charge in [0.2, 0.25) is 5.91 Å². The van der Waals surface area contributed by atoms with Crippen molar-refractivity contribution in [2.75, 3.05) is 18.4 Å². The van der Waals surface area contributed by atoms with Gasteiger partial charge in [0, 0.05) is 17.3 Å². The summed E-state index contributed by atoms with van der Waals surface area (Å²) in [6.45, 7) is 5.17. The molecule has 0 saturated heterocycles. The Morgan fingerprint density at radius 3 is 2.83 bits per heavy atom. The average Bonchev–Trinajstić information content (AvgIpc) is 2.36. The van der Waals surface area contributed by atoms with Gasteiger partial charge in [0.05, 0.1) is 6.54 Å². The molecule has 0 spiro atoms. The monoisotopic (exact) mass is 268 g/mol. The SMILES string of the molecule is CCCCCNC(=O)CNc1cc(Cl)ccc1C. The third-order valence-electron chi connectivity index (χ3n) is 2.74. The summed E-state index contributed by atoms with van der Waals surface area (Å²) in [6, 6.07) is 5.61. The quantitative estimate of drug-likeness (QED) is 0.745. The molecule has 0 aliphatic carbocycles. The number of carbonyl (C=O) groups is 1. The summed E-state index contributed by atoms with van der Waals surface area (Å²) in [5.41, 5.74) is 1.99. The van der Waals surface area contributed by atoms with Crippen molar-refractivity contribution in [2.24, 2.45) is 0 Å². The lowest BCUT2D eigenvalue weighted by molar-refractivity contribution is -0.119. The number of unbranched alkanes of at least 4 members (excludes halogenated alkanes) is 2. The molecule has 0 fully saturated rings. The Balaban J connectivity index is 2.31. The molecule has 4 heteroatoms. The van der Waals surface area contributed by atoms with E-state index in [1.54, 1.807) is 0 Å². The first kappa shape index (κ1) is 14.8. The van der Waals surface area contributed by atoms with E-state index in [2.05, 4.69) is 17.6 Å². The minimum Gasteiger partial charge on any atom is -0.376 e.